The van der Waals surface area contributed by atoms with Crippen molar-refractivity contribution in [3.63, 3.8) is 0 Å². The highest BCUT2D eigenvalue weighted by molar-refractivity contribution is 5.90. The standard InChI is InChI=1S/C26H33FN4O2/c1-5-12-30(22-10-11-28-16-22)17-21-14-18(6-8-23(21)27)19-7-9-24-20(13-19)15-29-31(24)25(32)33-26(2,3)4/h6-9,13-15,22,28H,5,10-12,16-17H2,1-4H3. The smallest absolute Gasteiger partial charge is 0.435 e. The van der Waals surface area contributed by atoms with Crippen LogP contribution >= 0.6 is 0 Å². The lowest BCUT2D eigenvalue weighted by Crippen LogP contribution is -2.37. The van der Waals surface area contributed by atoms with Crippen molar-refractivity contribution in [2.75, 3.05) is 19.6 Å². The molecule has 0 bridgehead atoms. The maximum atomic E-state index is 14.7. The Labute approximate surface area is 194 Å². The van der Waals surface area contributed by atoms with Gasteiger partial charge in [0.15, 0.2) is 0 Å². The number of nitrogens with zero attached hydrogens (tertiary/aromatic N) is 3. The molecule has 1 saturated heterocycles. The molecule has 4 rings (SSSR count). The van der Waals surface area contributed by atoms with E-state index in [1.54, 1.807) is 18.3 Å². The molecule has 176 valence electrons. The summed E-state index contributed by atoms with van der Waals surface area (Å²) in [5.74, 6) is -0.176. The van der Waals surface area contributed by atoms with Crippen LogP contribution in [0.2, 0.25) is 0 Å². The average molecular weight is 453 g/mol. The zero-order chi connectivity index (χ0) is 23.6. The van der Waals surface area contributed by atoms with Crippen LogP contribution in [0.25, 0.3) is 22.0 Å². The molecule has 1 fully saturated rings. The molecular weight excluding hydrogens is 419 g/mol. The molecule has 1 atom stereocenters. The van der Waals surface area contributed by atoms with Gasteiger partial charge in [0.05, 0.1) is 11.7 Å². The van der Waals surface area contributed by atoms with E-state index in [0.29, 0.717) is 23.7 Å². The molecule has 6 nitrogen and oxygen atoms in total. The fourth-order valence-corrected chi connectivity index (χ4v) is 4.39. The zero-order valence-electron chi connectivity index (χ0n) is 19.9. The summed E-state index contributed by atoms with van der Waals surface area (Å²) in [6, 6.07) is 11.5. The molecule has 2 heterocycles. The Morgan fingerprint density at radius 3 is 2.70 bits per heavy atom. The number of hydrogen-bond acceptors (Lipinski definition) is 5. The van der Waals surface area contributed by atoms with Gasteiger partial charge in [-0.3, -0.25) is 4.90 Å². The van der Waals surface area contributed by atoms with E-state index >= 15 is 0 Å². The minimum atomic E-state index is -0.597. The third-order valence-electron chi connectivity index (χ3n) is 5.95. The summed E-state index contributed by atoms with van der Waals surface area (Å²) in [7, 11) is 0. The monoisotopic (exact) mass is 452 g/mol. The third kappa shape index (κ3) is 5.42. The fourth-order valence-electron chi connectivity index (χ4n) is 4.39. The number of hydrogen-bond donors (Lipinski definition) is 1. The fraction of sp³-hybridized carbons (Fsp3) is 0.462. The number of aromatic nitrogens is 2. The van der Waals surface area contributed by atoms with Crippen molar-refractivity contribution in [1.82, 2.24) is 20.0 Å². The quantitative estimate of drug-likeness (QED) is 0.557. The molecule has 33 heavy (non-hydrogen) atoms. The molecule has 1 aliphatic rings. The lowest BCUT2D eigenvalue weighted by Gasteiger charge is -2.28. The van der Waals surface area contributed by atoms with E-state index < -0.39 is 11.7 Å². The highest BCUT2D eigenvalue weighted by atomic mass is 19.1. The Bertz CT molecular complexity index is 1130. The van der Waals surface area contributed by atoms with Gasteiger partial charge in [-0.1, -0.05) is 19.1 Å². The molecule has 1 aliphatic heterocycles. The van der Waals surface area contributed by atoms with Gasteiger partial charge in [0.2, 0.25) is 0 Å². The van der Waals surface area contributed by atoms with Gasteiger partial charge in [0.1, 0.15) is 11.4 Å². The number of carbonyl (C=O) groups excluding carboxylic acids is 1. The molecular formula is C26H33FN4O2. The van der Waals surface area contributed by atoms with Gasteiger partial charge in [-0.25, -0.2) is 9.18 Å². The van der Waals surface area contributed by atoms with Crippen LogP contribution in [0.15, 0.2) is 42.6 Å². The van der Waals surface area contributed by atoms with Gasteiger partial charge in [-0.05, 0) is 82.1 Å². The highest BCUT2D eigenvalue weighted by Crippen LogP contribution is 2.28. The Balaban J connectivity index is 1.60. The van der Waals surface area contributed by atoms with E-state index in [4.69, 9.17) is 4.74 Å². The van der Waals surface area contributed by atoms with Gasteiger partial charge in [0, 0.05) is 30.1 Å². The summed E-state index contributed by atoms with van der Waals surface area (Å²) in [5.41, 5.74) is 2.69. The second-order valence-electron chi connectivity index (χ2n) is 9.73. The van der Waals surface area contributed by atoms with Gasteiger partial charge in [-0.2, -0.15) is 9.78 Å². The Kier molecular flexibility index (Phi) is 6.81. The number of nitrogens with one attached hydrogen (secondary N) is 1. The Morgan fingerprint density at radius 2 is 2.00 bits per heavy atom. The van der Waals surface area contributed by atoms with Gasteiger partial charge < -0.3 is 10.1 Å². The first-order valence-electron chi connectivity index (χ1n) is 11.7. The number of rotatable bonds is 6. The van der Waals surface area contributed by atoms with Crippen LogP contribution in [0.4, 0.5) is 9.18 Å². The summed E-state index contributed by atoms with van der Waals surface area (Å²) in [5, 5.41) is 8.46. The molecule has 3 aromatic rings. The first kappa shape index (κ1) is 23.4. The number of ether oxygens (including phenoxy) is 1. The van der Waals surface area contributed by atoms with E-state index in [2.05, 4.69) is 22.2 Å². The first-order valence-corrected chi connectivity index (χ1v) is 11.7. The number of halogens is 1. The molecule has 0 aliphatic carbocycles. The van der Waals surface area contributed by atoms with E-state index in [1.807, 2.05) is 45.0 Å². The van der Waals surface area contributed by atoms with Crippen molar-refractivity contribution in [3.8, 4) is 11.1 Å². The van der Waals surface area contributed by atoms with Gasteiger partial charge >= 0.3 is 6.09 Å². The summed E-state index contributed by atoms with van der Waals surface area (Å²) in [6.45, 7) is 11.2. The largest absolute Gasteiger partial charge is 0.442 e. The van der Waals surface area contributed by atoms with Crippen molar-refractivity contribution in [2.45, 2.75) is 58.7 Å². The van der Waals surface area contributed by atoms with Crippen molar-refractivity contribution >= 4 is 17.0 Å². The second kappa shape index (κ2) is 9.61. The lowest BCUT2D eigenvalue weighted by molar-refractivity contribution is 0.0522. The molecule has 1 aromatic heterocycles. The Hall–Kier alpha value is -2.77. The molecule has 0 radical (unpaired) electrons. The van der Waals surface area contributed by atoms with E-state index in [1.165, 1.54) is 4.68 Å². The second-order valence-corrected chi connectivity index (χ2v) is 9.73. The van der Waals surface area contributed by atoms with Crippen LogP contribution in [-0.2, 0) is 11.3 Å². The van der Waals surface area contributed by atoms with Crippen molar-refractivity contribution in [1.29, 1.82) is 0 Å². The van der Waals surface area contributed by atoms with Crippen LogP contribution in [0, 0.1) is 5.82 Å². The maximum Gasteiger partial charge on any atom is 0.435 e. The lowest BCUT2D eigenvalue weighted by atomic mass is 10.0. The number of carbonyl (C=O) groups is 1. The zero-order valence-corrected chi connectivity index (χ0v) is 19.9. The average Bonchev–Trinajstić information content (AvgIpc) is 3.43. The van der Waals surface area contributed by atoms with Crippen LogP contribution in [0.1, 0.15) is 46.1 Å². The Morgan fingerprint density at radius 1 is 1.24 bits per heavy atom. The van der Waals surface area contributed by atoms with Crippen LogP contribution in [-0.4, -0.2) is 52.1 Å². The van der Waals surface area contributed by atoms with E-state index in [9.17, 15) is 9.18 Å². The van der Waals surface area contributed by atoms with E-state index in [0.717, 1.165) is 49.0 Å². The molecule has 0 spiro atoms. The summed E-state index contributed by atoms with van der Waals surface area (Å²) in [6.07, 6.45) is 3.28. The molecule has 7 heteroatoms. The van der Waals surface area contributed by atoms with Crippen LogP contribution in [0.3, 0.4) is 0 Å². The topological polar surface area (TPSA) is 59.4 Å². The summed E-state index contributed by atoms with van der Waals surface area (Å²) >= 11 is 0. The predicted molar refractivity (Wildman–Crippen MR) is 129 cm³/mol. The van der Waals surface area contributed by atoms with Crippen molar-refractivity contribution < 1.29 is 13.9 Å². The van der Waals surface area contributed by atoms with Gasteiger partial charge in [-0.15, -0.1) is 0 Å². The maximum absolute atomic E-state index is 14.7. The normalized spacial score (nSPS) is 16.6. The first-order chi connectivity index (χ1) is 15.7. The molecule has 1 unspecified atom stereocenters. The SMILES string of the molecule is CCCN(Cc1cc(-c2ccc3c(cnn3C(=O)OC(C)(C)C)c2)ccc1F)C1CCNC1. The van der Waals surface area contributed by atoms with Crippen molar-refractivity contribution in [3.05, 3.63) is 54.0 Å². The van der Waals surface area contributed by atoms with E-state index in [-0.39, 0.29) is 5.82 Å². The number of fused-ring (bicyclic) bond motifs is 1. The molecule has 0 saturated carbocycles. The minimum absolute atomic E-state index is 0.176. The molecule has 0 amide bonds. The summed E-state index contributed by atoms with van der Waals surface area (Å²) < 4.78 is 21.5. The highest BCUT2D eigenvalue weighted by Gasteiger charge is 2.23. The molecule has 1 N–H and O–H groups in total. The molecule has 2 aromatic carbocycles. The summed E-state index contributed by atoms with van der Waals surface area (Å²) in [4.78, 5) is 14.8. The van der Waals surface area contributed by atoms with Crippen LogP contribution in [0.5, 0.6) is 0 Å². The van der Waals surface area contributed by atoms with Crippen molar-refractivity contribution in [2.24, 2.45) is 0 Å². The van der Waals surface area contributed by atoms with Crippen LogP contribution < -0.4 is 5.32 Å². The number of benzene rings is 2. The predicted octanol–water partition coefficient (Wildman–Crippen LogP) is 5.20. The van der Waals surface area contributed by atoms with Gasteiger partial charge in [0.25, 0.3) is 0 Å². The minimum Gasteiger partial charge on any atom is -0.442 e. The third-order valence-corrected chi connectivity index (χ3v) is 5.95.